The molecule has 1 unspecified atom stereocenters. The lowest BCUT2D eigenvalue weighted by Gasteiger charge is -2.16. The van der Waals surface area contributed by atoms with E-state index < -0.39 is 0 Å². The van der Waals surface area contributed by atoms with Gasteiger partial charge >= 0.3 is 0 Å². The SMILES string of the molecule is CC(C#N)[C@H]1CC[C@@H](c2cccc(Cl)c2)N1. The molecular formula is C13H15ClN2. The minimum Gasteiger partial charge on any atom is -0.306 e. The molecule has 1 aliphatic rings. The van der Waals surface area contributed by atoms with Gasteiger partial charge < -0.3 is 5.32 Å². The van der Waals surface area contributed by atoms with E-state index in [1.165, 1.54) is 5.56 Å². The van der Waals surface area contributed by atoms with E-state index in [-0.39, 0.29) is 5.92 Å². The number of hydrogen-bond donors (Lipinski definition) is 1. The highest BCUT2D eigenvalue weighted by Gasteiger charge is 2.28. The maximum Gasteiger partial charge on any atom is 0.0669 e. The van der Waals surface area contributed by atoms with Crippen molar-refractivity contribution in [3.05, 3.63) is 34.9 Å². The molecule has 0 radical (unpaired) electrons. The monoisotopic (exact) mass is 234 g/mol. The van der Waals surface area contributed by atoms with Gasteiger partial charge in [0.1, 0.15) is 0 Å². The fourth-order valence-electron chi connectivity index (χ4n) is 2.24. The number of nitrogens with zero attached hydrogens (tertiary/aromatic N) is 1. The maximum atomic E-state index is 8.89. The molecule has 3 atom stereocenters. The Kier molecular flexibility index (Phi) is 3.48. The molecule has 1 fully saturated rings. The third-order valence-corrected chi connectivity index (χ3v) is 3.47. The second-order valence-electron chi connectivity index (χ2n) is 4.38. The summed E-state index contributed by atoms with van der Waals surface area (Å²) in [5.74, 6) is 0.0733. The van der Waals surface area contributed by atoms with Gasteiger partial charge in [0.2, 0.25) is 0 Å². The summed E-state index contributed by atoms with van der Waals surface area (Å²) < 4.78 is 0. The lowest BCUT2D eigenvalue weighted by atomic mass is 10.0. The first-order valence-corrected chi connectivity index (χ1v) is 5.99. The Labute approximate surface area is 101 Å². The zero-order valence-corrected chi connectivity index (χ0v) is 10.0. The summed E-state index contributed by atoms with van der Waals surface area (Å²) in [5.41, 5.74) is 1.22. The molecule has 1 N–H and O–H groups in total. The zero-order chi connectivity index (χ0) is 11.5. The van der Waals surface area contributed by atoms with Crippen LogP contribution in [0.2, 0.25) is 5.02 Å². The Morgan fingerprint density at radius 3 is 3.00 bits per heavy atom. The number of nitrogens with one attached hydrogen (secondary N) is 1. The van der Waals surface area contributed by atoms with Gasteiger partial charge in [0.15, 0.2) is 0 Å². The predicted molar refractivity (Wildman–Crippen MR) is 65.1 cm³/mol. The quantitative estimate of drug-likeness (QED) is 0.853. The lowest BCUT2D eigenvalue weighted by molar-refractivity contribution is 0.474. The van der Waals surface area contributed by atoms with Crippen LogP contribution in [-0.2, 0) is 0 Å². The van der Waals surface area contributed by atoms with Crippen molar-refractivity contribution in [2.24, 2.45) is 5.92 Å². The molecule has 3 heteroatoms. The number of halogens is 1. The van der Waals surface area contributed by atoms with Crippen LogP contribution < -0.4 is 5.32 Å². The smallest absolute Gasteiger partial charge is 0.0669 e. The summed E-state index contributed by atoms with van der Waals surface area (Å²) in [7, 11) is 0. The van der Waals surface area contributed by atoms with Gasteiger partial charge in [-0.1, -0.05) is 23.7 Å². The number of nitriles is 1. The molecule has 0 spiro atoms. The summed E-state index contributed by atoms with van der Waals surface area (Å²) in [6.45, 7) is 1.97. The van der Waals surface area contributed by atoms with Crippen molar-refractivity contribution in [2.45, 2.75) is 31.8 Å². The Hall–Kier alpha value is -1.04. The van der Waals surface area contributed by atoms with E-state index in [9.17, 15) is 0 Å². The molecule has 1 saturated heterocycles. The zero-order valence-electron chi connectivity index (χ0n) is 9.28. The molecule has 0 saturated carbocycles. The van der Waals surface area contributed by atoms with Gasteiger partial charge in [-0.05, 0) is 37.5 Å². The molecule has 16 heavy (non-hydrogen) atoms. The highest BCUT2D eigenvalue weighted by molar-refractivity contribution is 6.30. The van der Waals surface area contributed by atoms with Crippen LogP contribution in [0.15, 0.2) is 24.3 Å². The van der Waals surface area contributed by atoms with Crippen LogP contribution in [0, 0.1) is 17.2 Å². The van der Waals surface area contributed by atoms with E-state index in [0.29, 0.717) is 12.1 Å². The van der Waals surface area contributed by atoms with Crippen LogP contribution in [0.3, 0.4) is 0 Å². The summed E-state index contributed by atoms with van der Waals surface area (Å²) in [4.78, 5) is 0. The van der Waals surface area contributed by atoms with E-state index in [1.807, 2.05) is 25.1 Å². The summed E-state index contributed by atoms with van der Waals surface area (Å²) in [6, 6.07) is 10.9. The fourth-order valence-corrected chi connectivity index (χ4v) is 2.44. The van der Waals surface area contributed by atoms with Crippen LogP contribution in [0.5, 0.6) is 0 Å². The molecule has 2 nitrogen and oxygen atoms in total. The Morgan fingerprint density at radius 2 is 2.31 bits per heavy atom. The van der Waals surface area contributed by atoms with Crippen molar-refractivity contribution in [2.75, 3.05) is 0 Å². The van der Waals surface area contributed by atoms with E-state index in [0.717, 1.165) is 17.9 Å². The minimum atomic E-state index is 0.0733. The van der Waals surface area contributed by atoms with Crippen LogP contribution in [-0.4, -0.2) is 6.04 Å². The molecule has 0 aromatic heterocycles. The first kappa shape index (κ1) is 11.4. The number of hydrogen-bond acceptors (Lipinski definition) is 2. The largest absolute Gasteiger partial charge is 0.306 e. The Balaban J connectivity index is 2.07. The average Bonchev–Trinajstić information content (AvgIpc) is 2.77. The van der Waals surface area contributed by atoms with Gasteiger partial charge in [-0.2, -0.15) is 5.26 Å². The molecular weight excluding hydrogens is 220 g/mol. The standard InChI is InChI=1S/C13H15ClN2/c1-9(8-15)12-5-6-13(16-12)10-3-2-4-11(14)7-10/h2-4,7,9,12-13,16H,5-6H2,1H3/t9?,12-,13+/m1/s1. The molecule has 2 rings (SSSR count). The van der Waals surface area contributed by atoms with Gasteiger partial charge in [0.05, 0.1) is 12.0 Å². The summed E-state index contributed by atoms with van der Waals surface area (Å²) in [6.07, 6.45) is 2.14. The first-order chi connectivity index (χ1) is 7.70. The van der Waals surface area contributed by atoms with E-state index in [2.05, 4.69) is 17.5 Å². The van der Waals surface area contributed by atoms with Crippen molar-refractivity contribution >= 4 is 11.6 Å². The third-order valence-electron chi connectivity index (χ3n) is 3.24. The Bertz CT molecular complexity index is 411. The van der Waals surface area contributed by atoms with Gasteiger partial charge in [-0.15, -0.1) is 0 Å². The normalized spacial score (nSPS) is 26.3. The Morgan fingerprint density at radius 1 is 1.50 bits per heavy atom. The first-order valence-electron chi connectivity index (χ1n) is 5.62. The molecule has 0 aliphatic carbocycles. The molecule has 0 amide bonds. The van der Waals surface area contributed by atoms with E-state index in [1.54, 1.807) is 0 Å². The lowest BCUT2D eigenvalue weighted by Crippen LogP contribution is -2.29. The molecule has 84 valence electrons. The van der Waals surface area contributed by atoms with Crippen LogP contribution in [0.4, 0.5) is 0 Å². The molecule has 1 heterocycles. The van der Waals surface area contributed by atoms with Crippen molar-refractivity contribution in [1.82, 2.24) is 5.32 Å². The second-order valence-corrected chi connectivity index (χ2v) is 4.81. The summed E-state index contributed by atoms with van der Waals surface area (Å²) in [5, 5.41) is 13.2. The van der Waals surface area contributed by atoms with Crippen molar-refractivity contribution < 1.29 is 0 Å². The number of benzene rings is 1. The average molecular weight is 235 g/mol. The fraction of sp³-hybridized carbons (Fsp3) is 0.462. The van der Waals surface area contributed by atoms with Gasteiger partial charge in [0, 0.05) is 17.1 Å². The minimum absolute atomic E-state index is 0.0733. The van der Waals surface area contributed by atoms with Gasteiger partial charge in [-0.3, -0.25) is 0 Å². The van der Waals surface area contributed by atoms with Gasteiger partial charge in [-0.25, -0.2) is 0 Å². The topological polar surface area (TPSA) is 35.8 Å². The molecule has 1 aromatic carbocycles. The molecule has 1 aliphatic heterocycles. The third kappa shape index (κ3) is 2.37. The number of rotatable bonds is 2. The highest BCUT2D eigenvalue weighted by atomic mass is 35.5. The molecule has 1 aromatic rings. The van der Waals surface area contributed by atoms with Crippen LogP contribution in [0.25, 0.3) is 0 Å². The highest BCUT2D eigenvalue weighted by Crippen LogP contribution is 2.30. The van der Waals surface area contributed by atoms with E-state index >= 15 is 0 Å². The maximum absolute atomic E-state index is 8.89. The van der Waals surface area contributed by atoms with Crippen LogP contribution >= 0.6 is 11.6 Å². The summed E-state index contributed by atoms with van der Waals surface area (Å²) >= 11 is 5.97. The second kappa shape index (κ2) is 4.86. The predicted octanol–water partition coefficient (Wildman–Crippen LogP) is 3.29. The van der Waals surface area contributed by atoms with Crippen LogP contribution in [0.1, 0.15) is 31.4 Å². The van der Waals surface area contributed by atoms with Gasteiger partial charge in [0.25, 0.3) is 0 Å². The van der Waals surface area contributed by atoms with Crippen molar-refractivity contribution in [1.29, 1.82) is 5.26 Å². The molecule has 0 bridgehead atoms. The van der Waals surface area contributed by atoms with Crippen molar-refractivity contribution in [3.63, 3.8) is 0 Å². The van der Waals surface area contributed by atoms with Crippen molar-refractivity contribution in [3.8, 4) is 6.07 Å². The van der Waals surface area contributed by atoms with E-state index in [4.69, 9.17) is 16.9 Å².